The first-order valence-electron chi connectivity index (χ1n) is 9.56. The van der Waals surface area contributed by atoms with Crippen molar-refractivity contribution in [3.63, 3.8) is 0 Å². The van der Waals surface area contributed by atoms with Gasteiger partial charge in [-0.2, -0.15) is 5.26 Å². The second-order valence-electron chi connectivity index (χ2n) is 6.95. The zero-order chi connectivity index (χ0) is 20.1. The van der Waals surface area contributed by atoms with Crippen LogP contribution < -0.4 is 4.74 Å². The third-order valence-corrected chi connectivity index (χ3v) is 4.96. The molecule has 0 unspecified atom stereocenters. The number of benzene rings is 2. The van der Waals surface area contributed by atoms with Crippen molar-refractivity contribution < 1.29 is 23.7 Å². The van der Waals surface area contributed by atoms with Gasteiger partial charge in [0.15, 0.2) is 6.10 Å². The van der Waals surface area contributed by atoms with E-state index in [1.165, 1.54) is 6.08 Å². The smallest absolute Gasteiger partial charge is 0.349 e. The predicted molar refractivity (Wildman–Crippen MR) is 105 cm³/mol. The molecule has 3 atom stereocenters. The van der Waals surface area contributed by atoms with Crippen molar-refractivity contribution in [2.24, 2.45) is 0 Å². The summed E-state index contributed by atoms with van der Waals surface area (Å²) in [4.78, 5) is 12.4. The molecule has 2 aromatic carbocycles. The minimum Gasteiger partial charge on any atom is -0.489 e. The summed E-state index contributed by atoms with van der Waals surface area (Å²) in [6, 6.07) is 19.0. The van der Waals surface area contributed by atoms with Gasteiger partial charge in [0.25, 0.3) is 0 Å². The molecule has 148 valence electrons. The van der Waals surface area contributed by atoms with E-state index in [4.69, 9.17) is 18.9 Å². The maximum atomic E-state index is 12.4. The van der Waals surface area contributed by atoms with Crippen LogP contribution in [0, 0.1) is 11.3 Å². The Hall–Kier alpha value is -3.14. The highest BCUT2D eigenvalue weighted by Crippen LogP contribution is 2.29. The SMILES string of the molecule is N#C/C(=C\c1ccc(OCc2ccccc2)cc1)C(=O)O[C@@H]1CO[C@@H]2CCO[C@@H]21. The molecule has 6 nitrogen and oxygen atoms in total. The van der Waals surface area contributed by atoms with Gasteiger partial charge in [0.05, 0.1) is 12.7 Å². The zero-order valence-corrected chi connectivity index (χ0v) is 15.8. The number of rotatable bonds is 6. The zero-order valence-electron chi connectivity index (χ0n) is 15.8. The molecule has 0 amide bonds. The average Bonchev–Trinajstić information content (AvgIpc) is 3.37. The fourth-order valence-electron chi connectivity index (χ4n) is 3.44. The Balaban J connectivity index is 1.36. The van der Waals surface area contributed by atoms with Crippen LogP contribution in [0.1, 0.15) is 17.5 Å². The Morgan fingerprint density at radius 2 is 1.93 bits per heavy atom. The number of nitrogens with zero attached hydrogens (tertiary/aromatic N) is 1. The molecule has 2 aliphatic heterocycles. The van der Waals surface area contributed by atoms with E-state index in [1.54, 1.807) is 24.3 Å². The van der Waals surface area contributed by atoms with Gasteiger partial charge in [-0.15, -0.1) is 0 Å². The van der Waals surface area contributed by atoms with Gasteiger partial charge >= 0.3 is 5.97 Å². The number of carbonyl (C=O) groups is 1. The molecule has 0 N–H and O–H groups in total. The molecule has 4 rings (SSSR count). The quantitative estimate of drug-likeness (QED) is 0.427. The van der Waals surface area contributed by atoms with E-state index in [-0.39, 0.29) is 17.8 Å². The second kappa shape index (κ2) is 8.91. The summed E-state index contributed by atoms with van der Waals surface area (Å²) in [6.07, 6.45) is 1.58. The standard InChI is InChI=1S/C23H21NO5/c24-13-18(23(25)29-21-15-28-20-10-11-26-22(20)21)12-16-6-8-19(9-7-16)27-14-17-4-2-1-3-5-17/h1-9,12,20-22H,10-11,14-15H2/b18-12+/t20-,21-,22+/m1/s1. The van der Waals surface area contributed by atoms with E-state index in [9.17, 15) is 10.1 Å². The van der Waals surface area contributed by atoms with E-state index in [2.05, 4.69) is 0 Å². The fourth-order valence-corrected chi connectivity index (χ4v) is 3.44. The van der Waals surface area contributed by atoms with Crippen LogP contribution in [0.3, 0.4) is 0 Å². The lowest BCUT2D eigenvalue weighted by Crippen LogP contribution is -2.32. The Morgan fingerprint density at radius 3 is 2.69 bits per heavy atom. The lowest BCUT2D eigenvalue weighted by Gasteiger charge is -2.16. The topological polar surface area (TPSA) is 77.8 Å². The molecular formula is C23H21NO5. The Kier molecular flexibility index (Phi) is 5.89. The van der Waals surface area contributed by atoms with Crippen molar-refractivity contribution in [2.75, 3.05) is 13.2 Å². The molecule has 2 heterocycles. The summed E-state index contributed by atoms with van der Waals surface area (Å²) < 4.78 is 22.4. The largest absolute Gasteiger partial charge is 0.489 e. The van der Waals surface area contributed by atoms with E-state index in [0.29, 0.717) is 31.1 Å². The Morgan fingerprint density at radius 1 is 1.14 bits per heavy atom. The van der Waals surface area contributed by atoms with Crippen LogP contribution >= 0.6 is 0 Å². The Labute approximate surface area is 169 Å². The molecule has 0 aliphatic carbocycles. The van der Waals surface area contributed by atoms with Gasteiger partial charge in [0.2, 0.25) is 0 Å². The van der Waals surface area contributed by atoms with Crippen LogP contribution in [0.2, 0.25) is 0 Å². The first-order chi connectivity index (χ1) is 14.2. The number of fused-ring (bicyclic) bond motifs is 1. The summed E-state index contributed by atoms with van der Waals surface area (Å²) in [6.45, 7) is 1.37. The molecule has 2 fully saturated rings. The number of esters is 1. The maximum absolute atomic E-state index is 12.4. The fraction of sp³-hybridized carbons (Fsp3) is 0.304. The highest BCUT2D eigenvalue weighted by Gasteiger charge is 2.44. The van der Waals surface area contributed by atoms with Gasteiger partial charge in [-0.25, -0.2) is 4.79 Å². The molecule has 2 aromatic rings. The van der Waals surface area contributed by atoms with Crippen LogP contribution in [-0.2, 0) is 25.6 Å². The molecule has 2 saturated heterocycles. The highest BCUT2D eigenvalue weighted by atomic mass is 16.6. The van der Waals surface area contributed by atoms with Crippen molar-refractivity contribution in [1.29, 1.82) is 5.26 Å². The van der Waals surface area contributed by atoms with Crippen LogP contribution in [0.25, 0.3) is 6.08 Å². The summed E-state index contributed by atoms with van der Waals surface area (Å²) >= 11 is 0. The molecule has 0 bridgehead atoms. The summed E-state index contributed by atoms with van der Waals surface area (Å²) in [5.41, 5.74) is 1.72. The van der Waals surface area contributed by atoms with Gasteiger partial charge in [0, 0.05) is 6.61 Å². The summed E-state index contributed by atoms with van der Waals surface area (Å²) in [5.74, 6) is 0.0428. The van der Waals surface area contributed by atoms with E-state index < -0.39 is 12.1 Å². The monoisotopic (exact) mass is 391 g/mol. The van der Waals surface area contributed by atoms with Gasteiger partial charge in [-0.05, 0) is 35.8 Å². The molecule has 6 heteroatoms. The van der Waals surface area contributed by atoms with Crippen LogP contribution in [0.15, 0.2) is 60.2 Å². The molecule has 0 radical (unpaired) electrons. The van der Waals surface area contributed by atoms with Gasteiger partial charge < -0.3 is 18.9 Å². The third kappa shape index (κ3) is 4.65. The van der Waals surface area contributed by atoms with Crippen molar-refractivity contribution in [3.8, 4) is 11.8 Å². The average molecular weight is 391 g/mol. The van der Waals surface area contributed by atoms with E-state index in [0.717, 1.165) is 12.0 Å². The van der Waals surface area contributed by atoms with Crippen LogP contribution in [0.4, 0.5) is 0 Å². The normalized spacial score (nSPS) is 23.3. The summed E-state index contributed by atoms with van der Waals surface area (Å²) in [5, 5.41) is 9.38. The number of ether oxygens (including phenoxy) is 4. The minimum atomic E-state index is -0.665. The lowest BCUT2D eigenvalue weighted by atomic mass is 10.1. The Bertz CT molecular complexity index is 917. The van der Waals surface area contributed by atoms with Gasteiger partial charge in [-0.3, -0.25) is 0 Å². The lowest BCUT2D eigenvalue weighted by molar-refractivity contribution is -0.148. The maximum Gasteiger partial charge on any atom is 0.349 e. The number of nitriles is 1. The number of hydrogen-bond donors (Lipinski definition) is 0. The second-order valence-corrected chi connectivity index (χ2v) is 6.95. The van der Waals surface area contributed by atoms with Crippen molar-refractivity contribution in [3.05, 3.63) is 71.3 Å². The first-order valence-corrected chi connectivity index (χ1v) is 9.56. The molecule has 29 heavy (non-hydrogen) atoms. The third-order valence-electron chi connectivity index (χ3n) is 4.96. The van der Waals surface area contributed by atoms with Crippen molar-refractivity contribution in [2.45, 2.75) is 31.3 Å². The molecule has 0 aromatic heterocycles. The van der Waals surface area contributed by atoms with Crippen LogP contribution in [0.5, 0.6) is 5.75 Å². The number of hydrogen-bond acceptors (Lipinski definition) is 6. The molecular weight excluding hydrogens is 370 g/mol. The number of carbonyl (C=O) groups excluding carboxylic acids is 1. The van der Waals surface area contributed by atoms with Gasteiger partial charge in [0.1, 0.15) is 30.1 Å². The van der Waals surface area contributed by atoms with E-state index >= 15 is 0 Å². The minimum absolute atomic E-state index is 0.0225. The van der Waals surface area contributed by atoms with Crippen LogP contribution in [-0.4, -0.2) is 37.5 Å². The predicted octanol–water partition coefficient (Wildman–Crippen LogP) is 3.27. The van der Waals surface area contributed by atoms with Gasteiger partial charge in [-0.1, -0.05) is 42.5 Å². The molecule has 0 spiro atoms. The molecule has 2 aliphatic rings. The van der Waals surface area contributed by atoms with E-state index in [1.807, 2.05) is 36.4 Å². The van der Waals surface area contributed by atoms with Crippen molar-refractivity contribution >= 4 is 12.0 Å². The summed E-state index contributed by atoms with van der Waals surface area (Å²) in [7, 11) is 0. The molecule has 0 saturated carbocycles. The highest BCUT2D eigenvalue weighted by molar-refractivity contribution is 5.98. The first kappa shape index (κ1) is 19.2. The van der Waals surface area contributed by atoms with Crippen molar-refractivity contribution in [1.82, 2.24) is 0 Å².